The number of nitrogens with zero attached hydrogens (tertiary/aromatic N) is 1. The Hall–Kier alpha value is -3.11. The zero-order valence-electron chi connectivity index (χ0n) is 16.6. The predicted octanol–water partition coefficient (Wildman–Crippen LogP) is 4.82. The number of nitrogens with two attached hydrogens (primary N) is 1. The lowest BCUT2D eigenvalue weighted by Crippen LogP contribution is -2.33. The summed E-state index contributed by atoms with van der Waals surface area (Å²) < 4.78 is 4.71. The predicted molar refractivity (Wildman–Crippen MR) is 114 cm³/mol. The number of rotatable bonds is 6. The molecule has 0 bridgehead atoms. The van der Waals surface area contributed by atoms with Crippen molar-refractivity contribution in [3.63, 3.8) is 0 Å². The van der Waals surface area contributed by atoms with Crippen LogP contribution in [0.1, 0.15) is 16.7 Å². The van der Waals surface area contributed by atoms with Crippen LogP contribution in [0, 0.1) is 13.8 Å². The first-order chi connectivity index (χ1) is 13.5. The van der Waals surface area contributed by atoms with Crippen LogP contribution in [-0.4, -0.2) is 19.1 Å². The Bertz CT molecular complexity index is 905. The number of carbonyl (C=O) groups excluding carboxylic acids is 1. The van der Waals surface area contributed by atoms with Gasteiger partial charge >= 0.3 is 5.97 Å². The van der Waals surface area contributed by atoms with Crippen LogP contribution in [0.3, 0.4) is 0 Å². The monoisotopic (exact) mass is 374 g/mol. The van der Waals surface area contributed by atoms with Gasteiger partial charge in [0.15, 0.2) is 0 Å². The zero-order chi connectivity index (χ0) is 20.1. The topological polar surface area (TPSA) is 55.6 Å². The van der Waals surface area contributed by atoms with Gasteiger partial charge in [0, 0.05) is 17.1 Å². The molecule has 0 spiro atoms. The molecule has 4 heteroatoms. The number of esters is 1. The molecule has 1 unspecified atom stereocenters. The first kappa shape index (κ1) is 19.6. The molecule has 4 nitrogen and oxygen atoms in total. The largest absolute Gasteiger partial charge is 0.468 e. The van der Waals surface area contributed by atoms with E-state index in [1.807, 2.05) is 12.1 Å². The number of carbonyl (C=O) groups is 1. The van der Waals surface area contributed by atoms with E-state index in [1.54, 1.807) is 0 Å². The summed E-state index contributed by atoms with van der Waals surface area (Å²) in [4.78, 5) is 13.8. The molecule has 144 valence electrons. The summed E-state index contributed by atoms with van der Waals surface area (Å²) in [5, 5.41) is 0. The second-order valence-corrected chi connectivity index (χ2v) is 7.01. The van der Waals surface area contributed by atoms with Crippen molar-refractivity contribution in [1.29, 1.82) is 0 Å². The van der Waals surface area contributed by atoms with Crippen LogP contribution < -0.4 is 10.6 Å². The molecule has 0 heterocycles. The fourth-order valence-corrected chi connectivity index (χ4v) is 3.25. The van der Waals surface area contributed by atoms with Crippen LogP contribution in [0.4, 0.5) is 17.1 Å². The fraction of sp³-hybridized carbons (Fsp3) is 0.208. The summed E-state index contributed by atoms with van der Waals surface area (Å²) in [6.45, 7) is 4.18. The summed E-state index contributed by atoms with van der Waals surface area (Å²) in [6.07, 6.45) is 0.446. The van der Waals surface area contributed by atoms with Gasteiger partial charge in [-0.3, -0.25) is 4.79 Å². The number of hydrogen-bond acceptors (Lipinski definition) is 4. The molecule has 0 radical (unpaired) electrons. The molecule has 0 saturated carbocycles. The van der Waals surface area contributed by atoms with Crippen molar-refractivity contribution in [1.82, 2.24) is 0 Å². The SMILES string of the molecule is COC(=O)C(N)Cc1ccc(N(c2cccc(C)c2)c2cccc(C)c2)cc1. The third-order valence-corrected chi connectivity index (χ3v) is 4.67. The smallest absolute Gasteiger partial charge is 0.322 e. The third-order valence-electron chi connectivity index (χ3n) is 4.67. The Kier molecular flexibility index (Phi) is 6.12. The summed E-state index contributed by atoms with van der Waals surface area (Å²) >= 11 is 0. The van der Waals surface area contributed by atoms with E-state index < -0.39 is 12.0 Å². The van der Waals surface area contributed by atoms with Crippen molar-refractivity contribution in [3.8, 4) is 0 Å². The first-order valence-corrected chi connectivity index (χ1v) is 9.34. The number of hydrogen-bond donors (Lipinski definition) is 1. The van der Waals surface area contributed by atoms with Gasteiger partial charge in [-0.2, -0.15) is 0 Å². The van der Waals surface area contributed by atoms with Crippen molar-refractivity contribution in [2.24, 2.45) is 5.73 Å². The lowest BCUT2D eigenvalue weighted by Gasteiger charge is -2.26. The van der Waals surface area contributed by atoms with E-state index in [0.717, 1.165) is 22.6 Å². The average Bonchev–Trinajstić information content (AvgIpc) is 2.69. The van der Waals surface area contributed by atoms with Gasteiger partial charge in [-0.25, -0.2) is 0 Å². The molecule has 0 amide bonds. The van der Waals surface area contributed by atoms with E-state index in [-0.39, 0.29) is 0 Å². The highest BCUT2D eigenvalue weighted by Crippen LogP contribution is 2.35. The van der Waals surface area contributed by atoms with Crippen LogP contribution in [0.2, 0.25) is 0 Å². The van der Waals surface area contributed by atoms with Crippen LogP contribution in [-0.2, 0) is 16.0 Å². The van der Waals surface area contributed by atoms with Gasteiger partial charge in [-0.05, 0) is 73.4 Å². The van der Waals surface area contributed by atoms with Crippen LogP contribution in [0.25, 0.3) is 0 Å². The van der Waals surface area contributed by atoms with E-state index in [9.17, 15) is 4.79 Å². The minimum absolute atomic E-state index is 0.398. The van der Waals surface area contributed by atoms with Crippen LogP contribution in [0.15, 0.2) is 72.8 Å². The molecule has 0 aliphatic rings. The van der Waals surface area contributed by atoms with E-state index in [0.29, 0.717) is 6.42 Å². The van der Waals surface area contributed by atoms with Gasteiger partial charge in [0.05, 0.1) is 7.11 Å². The van der Waals surface area contributed by atoms with E-state index in [1.165, 1.54) is 18.2 Å². The van der Waals surface area contributed by atoms with Crippen molar-refractivity contribution in [2.75, 3.05) is 12.0 Å². The Morgan fingerprint density at radius 1 is 0.893 bits per heavy atom. The molecule has 1 atom stereocenters. The van der Waals surface area contributed by atoms with Gasteiger partial charge in [-0.15, -0.1) is 0 Å². The molecule has 0 aliphatic carbocycles. The highest BCUT2D eigenvalue weighted by atomic mass is 16.5. The minimum Gasteiger partial charge on any atom is -0.468 e. The number of ether oxygens (including phenoxy) is 1. The number of benzene rings is 3. The molecule has 0 aromatic heterocycles. The standard InChI is InChI=1S/C24H26N2O2/c1-17-6-4-8-21(14-17)26(22-9-5-7-18(2)15-22)20-12-10-19(11-13-20)16-23(25)24(27)28-3/h4-15,23H,16,25H2,1-3H3. The molecule has 0 fully saturated rings. The van der Waals surface area contributed by atoms with E-state index in [4.69, 9.17) is 10.5 Å². The van der Waals surface area contributed by atoms with E-state index in [2.05, 4.69) is 79.4 Å². The lowest BCUT2D eigenvalue weighted by molar-refractivity contribution is -0.142. The third kappa shape index (κ3) is 4.59. The number of methoxy groups -OCH3 is 1. The Morgan fingerprint density at radius 3 is 1.89 bits per heavy atom. The molecular formula is C24H26N2O2. The highest BCUT2D eigenvalue weighted by molar-refractivity contribution is 5.78. The van der Waals surface area contributed by atoms with Gasteiger partial charge in [0.2, 0.25) is 0 Å². The molecule has 0 saturated heterocycles. The summed E-state index contributed by atoms with van der Waals surface area (Å²) in [6, 6.07) is 24.4. The normalized spacial score (nSPS) is 11.7. The van der Waals surface area contributed by atoms with Crippen LogP contribution in [0.5, 0.6) is 0 Å². The maximum atomic E-state index is 11.6. The van der Waals surface area contributed by atoms with Gasteiger partial charge in [-0.1, -0.05) is 36.4 Å². The first-order valence-electron chi connectivity index (χ1n) is 9.34. The van der Waals surface area contributed by atoms with E-state index >= 15 is 0 Å². The lowest BCUT2D eigenvalue weighted by atomic mass is 10.1. The molecule has 3 aromatic rings. The van der Waals surface area contributed by atoms with Crippen molar-refractivity contribution >= 4 is 23.0 Å². The number of aryl methyl sites for hydroxylation is 2. The zero-order valence-corrected chi connectivity index (χ0v) is 16.6. The summed E-state index contributed by atoms with van der Waals surface area (Å²) in [5.41, 5.74) is 12.5. The van der Waals surface area contributed by atoms with Crippen LogP contribution >= 0.6 is 0 Å². The Labute approximate surface area is 166 Å². The van der Waals surface area contributed by atoms with Crippen molar-refractivity contribution in [2.45, 2.75) is 26.3 Å². The van der Waals surface area contributed by atoms with Gasteiger partial charge < -0.3 is 15.4 Å². The molecule has 3 rings (SSSR count). The van der Waals surface area contributed by atoms with Gasteiger partial charge in [0.25, 0.3) is 0 Å². The van der Waals surface area contributed by atoms with Crippen molar-refractivity contribution < 1.29 is 9.53 Å². The molecule has 3 aromatic carbocycles. The van der Waals surface area contributed by atoms with Gasteiger partial charge in [0.1, 0.15) is 6.04 Å². The second-order valence-electron chi connectivity index (χ2n) is 7.01. The molecule has 28 heavy (non-hydrogen) atoms. The second kappa shape index (κ2) is 8.72. The van der Waals surface area contributed by atoms with Crippen molar-refractivity contribution in [3.05, 3.63) is 89.5 Å². The quantitative estimate of drug-likeness (QED) is 0.629. The fourth-order valence-electron chi connectivity index (χ4n) is 3.25. The maximum Gasteiger partial charge on any atom is 0.322 e. The highest BCUT2D eigenvalue weighted by Gasteiger charge is 2.16. The average molecular weight is 374 g/mol. The maximum absolute atomic E-state index is 11.6. The Balaban J connectivity index is 1.96. The minimum atomic E-state index is -0.652. The summed E-state index contributed by atoms with van der Waals surface area (Å²) in [5.74, 6) is -0.398. The molecule has 0 aliphatic heterocycles. The molecular weight excluding hydrogens is 348 g/mol. The number of anilines is 3. The molecule has 2 N–H and O–H groups in total. The summed E-state index contributed by atoms with van der Waals surface area (Å²) in [7, 11) is 1.35. The Morgan fingerprint density at radius 2 is 1.43 bits per heavy atom.